The third-order valence-corrected chi connectivity index (χ3v) is 4.46. The quantitative estimate of drug-likeness (QED) is 0.691. The number of fused-ring (bicyclic) bond motifs is 3. The highest BCUT2D eigenvalue weighted by Crippen LogP contribution is 2.47. The Morgan fingerprint density at radius 1 is 1.09 bits per heavy atom. The lowest BCUT2D eigenvalue weighted by atomic mass is 9.88. The van der Waals surface area contributed by atoms with Crippen molar-refractivity contribution in [1.82, 2.24) is 0 Å². The molecule has 2 N–H and O–H groups in total. The molecule has 1 aromatic heterocycles. The smallest absolute Gasteiger partial charge is 0.206 e. The molecule has 112 valence electrons. The fourth-order valence-corrected chi connectivity index (χ4v) is 3.13. The number of hydrogen-bond donors (Lipinski definition) is 1. The van der Waals surface area contributed by atoms with Gasteiger partial charge in [-0.1, -0.05) is 40.2 Å². The molecule has 3 aromatic rings. The summed E-state index contributed by atoms with van der Waals surface area (Å²) in [6.07, 6.45) is 0. The SMILES string of the molecule is N#CC1=C(N)Oc2c(oc3ccccc23)C1c1ccc(Br)cc1. The zero-order valence-corrected chi connectivity index (χ0v) is 13.5. The van der Waals surface area contributed by atoms with Crippen LogP contribution in [0.2, 0.25) is 0 Å². The maximum Gasteiger partial charge on any atom is 0.206 e. The maximum absolute atomic E-state index is 9.53. The van der Waals surface area contributed by atoms with E-state index in [1.54, 1.807) is 0 Å². The van der Waals surface area contributed by atoms with Gasteiger partial charge in [0.25, 0.3) is 0 Å². The summed E-state index contributed by atoms with van der Waals surface area (Å²) in [5.74, 6) is 0.952. The zero-order valence-electron chi connectivity index (χ0n) is 11.9. The van der Waals surface area contributed by atoms with Gasteiger partial charge in [-0.25, -0.2) is 0 Å². The number of hydrogen-bond acceptors (Lipinski definition) is 4. The molecule has 2 heterocycles. The van der Waals surface area contributed by atoms with Crippen molar-refractivity contribution in [3.05, 3.63) is 75.8 Å². The number of halogens is 1. The lowest BCUT2D eigenvalue weighted by Crippen LogP contribution is -2.20. The van der Waals surface area contributed by atoms with Gasteiger partial charge in [-0.15, -0.1) is 0 Å². The highest BCUT2D eigenvalue weighted by atomic mass is 79.9. The molecule has 4 nitrogen and oxygen atoms in total. The molecular formula is C18H11BrN2O2. The predicted molar refractivity (Wildman–Crippen MR) is 89.7 cm³/mol. The van der Waals surface area contributed by atoms with Crippen LogP contribution >= 0.6 is 15.9 Å². The number of rotatable bonds is 1. The van der Waals surface area contributed by atoms with Gasteiger partial charge in [0, 0.05) is 4.47 Å². The Bertz CT molecular complexity index is 980. The van der Waals surface area contributed by atoms with Gasteiger partial charge in [0.1, 0.15) is 17.2 Å². The van der Waals surface area contributed by atoms with E-state index < -0.39 is 0 Å². The van der Waals surface area contributed by atoms with Crippen molar-refractivity contribution in [3.8, 4) is 11.8 Å². The van der Waals surface area contributed by atoms with E-state index in [0.29, 0.717) is 22.7 Å². The van der Waals surface area contributed by atoms with Crippen LogP contribution < -0.4 is 10.5 Å². The molecule has 1 unspecified atom stereocenters. The molecule has 0 aliphatic carbocycles. The standard InChI is InChI=1S/C18H11BrN2O2/c19-11-7-5-10(6-8-11)15-13(9-20)18(21)23-16-12-3-1-2-4-14(12)22-17(15)16/h1-8,15H,21H2. The van der Waals surface area contributed by atoms with Crippen LogP contribution in [0, 0.1) is 11.3 Å². The number of allylic oxidation sites excluding steroid dienone is 1. The van der Waals surface area contributed by atoms with Gasteiger partial charge in [0.05, 0.1) is 11.3 Å². The maximum atomic E-state index is 9.53. The van der Waals surface area contributed by atoms with E-state index in [1.807, 2.05) is 48.5 Å². The van der Waals surface area contributed by atoms with Crippen LogP contribution in [-0.2, 0) is 0 Å². The average molecular weight is 367 g/mol. The first-order valence-electron chi connectivity index (χ1n) is 7.03. The molecule has 4 rings (SSSR count). The molecule has 0 radical (unpaired) electrons. The fourth-order valence-electron chi connectivity index (χ4n) is 2.87. The van der Waals surface area contributed by atoms with Crippen molar-refractivity contribution in [1.29, 1.82) is 5.26 Å². The minimum absolute atomic E-state index is 0.125. The van der Waals surface area contributed by atoms with Gasteiger partial charge < -0.3 is 14.9 Å². The Hall–Kier alpha value is -2.71. The number of nitriles is 1. The summed E-state index contributed by atoms with van der Waals surface area (Å²) in [7, 11) is 0. The van der Waals surface area contributed by atoms with Gasteiger partial charge in [0.15, 0.2) is 11.5 Å². The molecule has 1 aliphatic rings. The van der Waals surface area contributed by atoms with Crippen LogP contribution in [0.5, 0.6) is 5.75 Å². The van der Waals surface area contributed by atoms with Crippen LogP contribution in [0.15, 0.2) is 68.9 Å². The summed E-state index contributed by atoms with van der Waals surface area (Å²) in [6.45, 7) is 0. The van der Waals surface area contributed by atoms with E-state index in [1.165, 1.54) is 0 Å². The largest absolute Gasteiger partial charge is 0.456 e. The first kappa shape index (κ1) is 13.9. The molecule has 0 spiro atoms. The first-order chi connectivity index (χ1) is 11.2. The molecule has 2 aromatic carbocycles. The predicted octanol–water partition coefficient (Wildman–Crippen LogP) is 4.41. The zero-order chi connectivity index (χ0) is 16.0. The Kier molecular flexibility index (Phi) is 3.14. The van der Waals surface area contributed by atoms with Gasteiger partial charge in [-0.2, -0.15) is 5.26 Å². The lowest BCUT2D eigenvalue weighted by molar-refractivity contribution is 0.372. The van der Waals surface area contributed by atoms with E-state index in [4.69, 9.17) is 14.9 Å². The van der Waals surface area contributed by atoms with Crippen molar-refractivity contribution in [2.24, 2.45) is 5.73 Å². The summed E-state index contributed by atoms with van der Waals surface area (Å²) in [4.78, 5) is 0. The first-order valence-corrected chi connectivity index (χ1v) is 7.83. The number of nitrogens with zero attached hydrogens (tertiary/aromatic N) is 1. The molecule has 0 saturated heterocycles. The molecule has 0 saturated carbocycles. The highest BCUT2D eigenvalue weighted by Gasteiger charge is 2.35. The Morgan fingerprint density at radius 3 is 2.57 bits per heavy atom. The summed E-state index contributed by atoms with van der Waals surface area (Å²) in [5.41, 5.74) is 8.00. The number of para-hydroxylation sites is 1. The molecular weight excluding hydrogens is 356 g/mol. The van der Waals surface area contributed by atoms with Crippen LogP contribution in [0.3, 0.4) is 0 Å². The third kappa shape index (κ3) is 2.11. The number of benzene rings is 2. The van der Waals surface area contributed by atoms with E-state index in [0.717, 1.165) is 15.4 Å². The second-order valence-electron chi connectivity index (χ2n) is 5.27. The molecule has 23 heavy (non-hydrogen) atoms. The second kappa shape index (κ2) is 5.18. The molecule has 0 amide bonds. The van der Waals surface area contributed by atoms with Gasteiger partial charge in [0.2, 0.25) is 5.88 Å². The number of nitrogens with two attached hydrogens (primary N) is 1. The van der Waals surface area contributed by atoms with Crippen molar-refractivity contribution in [2.75, 3.05) is 0 Å². The van der Waals surface area contributed by atoms with Gasteiger partial charge in [-0.05, 0) is 29.8 Å². The van der Waals surface area contributed by atoms with E-state index >= 15 is 0 Å². The fraction of sp³-hybridized carbons (Fsp3) is 0.0556. The summed E-state index contributed by atoms with van der Waals surface area (Å²) < 4.78 is 12.7. The van der Waals surface area contributed by atoms with E-state index in [-0.39, 0.29) is 11.8 Å². The molecule has 0 bridgehead atoms. The monoisotopic (exact) mass is 366 g/mol. The average Bonchev–Trinajstić information content (AvgIpc) is 2.93. The van der Waals surface area contributed by atoms with Crippen molar-refractivity contribution in [3.63, 3.8) is 0 Å². The second-order valence-corrected chi connectivity index (χ2v) is 6.18. The number of furan rings is 1. The van der Waals surface area contributed by atoms with Crippen molar-refractivity contribution in [2.45, 2.75) is 5.92 Å². The van der Waals surface area contributed by atoms with E-state index in [9.17, 15) is 5.26 Å². The van der Waals surface area contributed by atoms with Gasteiger partial charge >= 0.3 is 0 Å². The number of ether oxygens (including phenoxy) is 1. The Balaban J connectivity index is 1.99. The topological polar surface area (TPSA) is 72.2 Å². The van der Waals surface area contributed by atoms with Crippen LogP contribution in [0.4, 0.5) is 0 Å². The molecule has 0 fully saturated rings. The van der Waals surface area contributed by atoms with Gasteiger partial charge in [-0.3, -0.25) is 0 Å². The van der Waals surface area contributed by atoms with Crippen molar-refractivity contribution >= 4 is 26.9 Å². The lowest BCUT2D eigenvalue weighted by Gasteiger charge is -2.22. The molecule has 5 heteroatoms. The van der Waals surface area contributed by atoms with E-state index in [2.05, 4.69) is 22.0 Å². The minimum Gasteiger partial charge on any atom is -0.456 e. The highest BCUT2D eigenvalue weighted by molar-refractivity contribution is 9.10. The molecule has 1 atom stereocenters. The van der Waals surface area contributed by atoms with Crippen LogP contribution in [-0.4, -0.2) is 0 Å². The molecule has 1 aliphatic heterocycles. The Labute approximate surface area is 140 Å². The Morgan fingerprint density at radius 2 is 1.83 bits per heavy atom. The van der Waals surface area contributed by atoms with Crippen LogP contribution in [0.1, 0.15) is 17.2 Å². The minimum atomic E-state index is -0.371. The van der Waals surface area contributed by atoms with Crippen molar-refractivity contribution < 1.29 is 9.15 Å². The normalized spacial score (nSPS) is 16.8. The summed E-state index contributed by atoms with van der Waals surface area (Å²) in [5, 5.41) is 10.4. The summed E-state index contributed by atoms with van der Waals surface area (Å²) in [6, 6.07) is 17.5. The summed E-state index contributed by atoms with van der Waals surface area (Å²) >= 11 is 3.42. The third-order valence-electron chi connectivity index (χ3n) is 3.93. The van der Waals surface area contributed by atoms with Crippen LogP contribution in [0.25, 0.3) is 11.0 Å².